The molecule has 0 fully saturated rings. The third-order valence-corrected chi connectivity index (χ3v) is 2.53. The van der Waals surface area contributed by atoms with Crippen molar-refractivity contribution < 1.29 is 19.2 Å². The van der Waals surface area contributed by atoms with Crippen LogP contribution in [0.4, 0.5) is 11.4 Å². The quantitative estimate of drug-likeness (QED) is 0.613. The molecule has 0 saturated heterocycles. The Bertz CT molecular complexity index is 529. The van der Waals surface area contributed by atoms with Crippen molar-refractivity contribution in [2.24, 2.45) is 5.73 Å². The van der Waals surface area contributed by atoms with Crippen LogP contribution in [0.3, 0.4) is 0 Å². The van der Waals surface area contributed by atoms with Gasteiger partial charge < -0.3 is 20.5 Å². The van der Waals surface area contributed by atoms with E-state index in [0.717, 1.165) is 0 Å². The van der Waals surface area contributed by atoms with E-state index in [1.165, 1.54) is 19.1 Å². The lowest BCUT2D eigenvalue weighted by Gasteiger charge is -2.19. The van der Waals surface area contributed by atoms with E-state index in [1.807, 2.05) is 0 Å². The predicted molar refractivity (Wildman–Crippen MR) is 66.4 cm³/mol. The maximum atomic E-state index is 11.5. The lowest BCUT2D eigenvalue weighted by atomic mass is 10.2. The Labute approximate surface area is 108 Å². The lowest BCUT2D eigenvalue weighted by Crippen LogP contribution is -2.32. The van der Waals surface area contributed by atoms with E-state index < -0.39 is 16.9 Å². The minimum Gasteiger partial charge on any atom is -0.486 e. The van der Waals surface area contributed by atoms with Gasteiger partial charge >= 0.3 is 0 Å². The molecule has 0 spiro atoms. The Morgan fingerprint density at radius 2 is 2.00 bits per heavy atom. The molecule has 1 heterocycles. The molecular weight excluding hydrogens is 254 g/mol. The molecule has 2 rings (SSSR count). The van der Waals surface area contributed by atoms with Crippen molar-refractivity contribution in [3.63, 3.8) is 0 Å². The summed E-state index contributed by atoms with van der Waals surface area (Å²) in [6.45, 7) is 2.17. The number of fused-ring (bicyclic) bond motifs is 1. The number of nitrogens with one attached hydrogen (secondary N) is 1. The van der Waals surface area contributed by atoms with Gasteiger partial charge in [0.25, 0.3) is 5.69 Å². The normalized spacial score (nSPS) is 14.6. The highest BCUT2D eigenvalue weighted by Crippen LogP contribution is 2.39. The van der Waals surface area contributed by atoms with Crippen LogP contribution < -0.4 is 20.5 Å². The van der Waals surface area contributed by atoms with Gasteiger partial charge in [-0.3, -0.25) is 14.9 Å². The van der Waals surface area contributed by atoms with Crippen LogP contribution in [0.2, 0.25) is 0 Å². The molecule has 0 saturated carbocycles. The predicted octanol–water partition coefficient (Wildman–Crippen LogP) is 0.652. The lowest BCUT2D eigenvalue weighted by molar-refractivity contribution is -0.384. The Morgan fingerprint density at radius 1 is 1.42 bits per heavy atom. The first kappa shape index (κ1) is 13.1. The van der Waals surface area contributed by atoms with Gasteiger partial charge in [0, 0.05) is 6.07 Å². The fourth-order valence-electron chi connectivity index (χ4n) is 1.58. The third kappa shape index (κ3) is 2.74. The number of ether oxygens (including phenoxy) is 2. The topological polar surface area (TPSA) is 117 Å². The second kappa shape index (κ2) is 5.11. The van der Waals surface area contributed by atoms with Crippen LogP contribution in [-0.2, 0) is 4.79 Å². The summed E-state index contributed by atoms with van der Waals surface area (Å²) in [5.41, 5.74) is 5.18. The number of nitrogens with zero attached hydrogens (tertiary/aromatic N) is 1. The second-order valence-corrected chi connectivity index (χ2v) is 4.05. The summed E-state index contributed by atoms with van der Waals surface area (Å²) >= 11 is 0. The summed E-state index contributed by atoms with van der Waals surface area (Å²) in [5, 5.41) is 13.4. The molecule has 1 aliphatic rings. The Balaban J connectivity index is 2.40. The maximum Gasteiger partial charge on any atom is 0.296 e. The third-order valence-electron chi connectivity index (χ3n) is 2.53. The largest absolute Gasteiger partial charge is 0.486 e. The van der Waals surface area contributed by atoms with Gasteiger partial charge in [-0.25, -0.2) is 0 Å². The van der Waals surface area contributed by atoms with Crippen LogP contribution >= 0.6 is 0 Å². The zero-order valence-corrected chi connectivity index (χ0v) is 10.2. The molecule has 1 aromatic rings. The summed E-state index contributed by atoms with van der Waals surface area (Å²) in [7, 11) is 0. The van der Waals surface area contributed by atoms with Crippen LogP contribution in [0.1, 0.15) is 6.92 Å². The number of hydrogen-bond donors (Lipinski definition) is 2. The Kier molecular flexibility index (Phi) is 3.52. The van der Waals surface area contributed by atoms with Crippen LogP contribution in [0.15, 0.2) is 12.1 Å². The molecule has 1 amide bonds. The van der Waals surface area contributed by atoms with Gasteiger partial charge in [-0.1, -0.05) is 0 Å². The van der Waals surface area contributed by atoms with Crippen molar-refractivity contribution >= 4 is 17.3 Å². The van der Waals surface area contributed by atoms with Crippen LogP contribution in [0, 0.1) is 10.1 Å². The number of carbonyl (C=O) groups is 1. The van der Waals surface area contributed by atoms with E-state index in [0.29, 0.717) is 19.0 Å². The Hall–Kier alpha value is -2.35. The van der Waals surface area contributed by atoms with Crippen LogP contribution in [-0.4, -0.2) is 30.1 Å². The first-order valence-electron chi connectivity index (χ1n) is 5.63. The molecule has 1 aromatic carbocycles. The molecule has 8 heteroatoms. The fraction of sp³-hybridized carbons (Fsp3) is 0.364. The van der Waals surface area contributed by atoms with Crippen molar-refractivity contribution in [2.75, 3.05) is 18.5 Å². The average Bonchev–Trinajstić information content (AvgIpc) is 2.37. The van der Waals surface area contributed by atoms with Crippen molar-refractivity contribution in [2.45, 2.75) is 13.0 Å². The molecule has 19 heavy (non-hydrogen) atoms. The molecule has 1 aliphatic heterocycles. The molecule has 1 atom stereocenters. The standard InChI is InChI=1S/C11H13N3O5/c1-6(12)11(15)13-7-4-9-10(19-3-2-18-9)5-8(7)14(16)17/h4-6H,2-3,12H2,1H3,(H,13,15)/t6-/m0/s1. The summed E-state index contributed by atoms with van der Waals surface area (Å²) in [6.07, 6.45) is 0. The minimum atomic E-state index is -0.771. The van der Waals surface area contributed by atoms with Gasteiger partial charge in [0.1, 0.15) is 18.9 Å². The summed E-state index contributed by atoms with van der Waals surface area (Å²) < 4.78 is 10.6. The number of nitrogens with two attached hydrogens (primary N) is 1. The number of carbonyl (C=O) groups excluding carboxylic acids is 1. The number of nitro benzene ring substituents is 1. The molecule has 0 radical (unpaired) electrons. The number of hydrogen-bond acceptors (Lipinski definition) is 6. The highest BCUT2D eigenvalue weighted by molar-refractivity contribution is 5.96. The highest BCUT2D eigenvalue weighted by Gasteiger charge is 2.24. The van der Waals surface area contributed by atoms with Gasteiger partial charge in [-0.05, 0) is 6.92 Å². The molecule has 0 aromatic heterocycles. The van der Waals surface area contributed by atoms with Gasteiger partial charge in [-0.15, -0.1) is 0 Å². The molecule has 0 bridgehead atoms. The van der Waals surface area contributed by atoms with E-state index >= 15 is 0 Å². The van der Waals surface area contributed by atoms with Crippen molar-refractivity contribution in [3.05, 3.63) is 22.2 Å². The average molecular weight is 267 g/mol. The van der Waals surface area contributed by atoms with E-state index in [4.69, 9.17) is 15.2 Å². The number of benzene rings is 1. The van der Waals surface area contributed by atoms with Crippen molar-refractivity contribution in [1.82, 2.24) is 0 Å². The van der Waals surface area contributed by atoms with Gasteiger partial charge in [-0.2, -0.15) is 0 Å². The van der Waals surface area contributed by atoms with Gasteiger partial charge in [0.15, 0.2) is 11.5 Å². The fourth-order valence-corrected chi connectivity index (χ4v) is 1.58. The molecule has 8 nitrogen and oxygen atoms in total. The number of nitro groups is 1. The Morgan fingerprint density at radius 3 is 2.53 bits per heavy atom. The van der Waals surface area contributed by atoms with Gasteiger partial charge in [0.05, 0.1) is 17.0 Å². The molecule has 0 unspecified atom stereocenters. The minimum absolute atomic E-state index is 0.0385. The van der Waals surface area contributed by atoms with E-state index in [-0.39, 0.29) is 17.1 Å². The maximum absolute atomic E-state index is 11.5. The molecule has 3 N–H and O–H groups in total. The zero-order valence-electron chi connectivity index (χ0n) is 10.2. The van der Waals surface area contributed by atoms with Crippen molar-refractivity contribution in [1.29, 1.82) is 0 Å². The second-order valence-electron chi connectivity index (χ2n) is 4.05. The first-order chi connectivity index (χ1) is 8.99. The molecule has 102 valence electrons. The highest BCUT2D eigenvalue weighted by atomic mass is 16.6. The molecule has 0 aliphatic carbocycles. The van der Waals surface area contributed by atoms with Crippen molar-refractivity contribution in [3.8, 4) is 11.5 Å². The number of amides is 1. The van der Waals surface area contributed by atoms with E-state index in [2.05, 4.69) is 5.32 Å². The first-order valence-corrected chi connectivity index (χ1v) is 5.63. The van der Waals surface area contributed by atoms with E-state index in [9.17, 15) is 14.9 Å². The van der Waals surface area contributed by atoms with Gasteiger partial charge in [0.2, 0.25) is 5.91 Å². The number of rotatable bonds is 3. The monoisotopic (exact) mass is 267 g/mol. The SMILES string of the molecule is C[C@H](N)C(=O)Nc1cc2c(cc1[N+](=O)[O-])OCCO2. The van der Waals surface area contributed by atoms with Crippen LogP contribution in [0.5, 0.6) is 11.5 Å². The summed E-state index contributed by atoms with van der Waals surface area (Å²) in [5.74, 6) is 0.133. The number of anilines is 1. The zero-order chi connectivity index (χ0) is 14.0. The summed E-state index contributed by atoms with van der Waals surface area (Å²) in [4.78, 5) is 21.9. The van der Waals surface area contributed by atoms with Crippen LogP contribution in [0.25, 0.3) is 0 Å². The van der Waals surface area contributed by atoms with E-state index in [1.54, 1.807) is 0 Å². The molecular formula is C11H13N3O5. The smallest absolute Gasteiger partial charge is 0.296 e. The summed E-state index contributed by atoms with van der Waals surface area (Å²) in [6, 6.07) is 1.82.